The molecule has 0 radical (unpaired) electrons. The molecule has 1 aliphatic carbocycles. The lowest BCUT2D eigenvalue weighted by Crippen LogP contribution is -2.27. The normalized spacial score (nSPS) is 14.2. The van der Waals surface area contributed by atoms with E-state index in [1.807, 2.05) is 63.2 Å². The highest BCUT2D eigenvalue weighted by atomic mass is 32.1. The number of benzene rings is 3. The van der Waals surface area contributed by atoms with E-state index in [0.717, 1.165) is 45.4 Å². The number of amides is 2. The van der Waals surface area contributed by atoms with Gasteiger partial charge in [0.2, 0.25) is 5.91 Å². The lowest BCUT2D eigenvalue weighted by molar-refractivity contribution is -0.118. The van der Waals surface area contributed by atoms with Gasteiger partial charge in [-0.1, -0.05) is 59.4 Å². The van der Waals surface area contributed by atoms with Gasteiger partial charge in [0.25, 0.3) is 5.91 Å². The average Bonchev–Trinajstić information content (AvgIpc) is 3.51. The molecular weight excluding hydrogens is 430 g/mol. The van der Waals surface area contributed by atoms with Crippen LogP contribution in [0.25, 0.3) is 10.2 Å². The fourth-order valence-electron chi connectivity index (χ4n) is 4.43. The third-order valence-electron chi connectivity index (χ3n) is 6.30. The molecule has 166 valence electrons. The smallest absolute Gasteiger partial charge is 0.255 e. The molecule has 0 atom stereocenters. The van der Waals surface area contributed by atoms with E-state index in [-0.39, 0.29) is 11.8 Å². The zero-order chi connectivity index (χ0) is 23.2. The van der Waals surface area contributed by atoms with Crippen molar-refractivity contribution in [2.24, 2.45) is 0 Å². The Balaban J connectivity index is 1.35. The van der Waals surface area contributed by atoms with E-state index in [4.69, 9.17) is 0 Å². The van der Waals surface area contributed by atoms with Crippen LogP contribution >= 0.6 is 11.3 Å². The van der Waals surface area contributed by atoms with Crippen LogP contribution in [0.3, 0.4) is 0 Å². The fourth-order valence-corrected chi connectivity index (χ4v) is 5.33. The number of hydrogen-bond acceptors (Lipinski definition) is 4. The summed E-state index contributed by atoms with van der Waals surface area (Å²) in [4.78, 5) is 30.5. The summed E-state index contributed by atoms with van der Waals surface area (Å²) in [6.45, 7) is 6.04. The number of thiazole rings is 1. The van der Waals surface area contributed by atoms with Gasteiger partial charge in [0.05, 0.1) is 15.6 Å². The summed E-state index contributed by atoms with van der Waals surface area (Å²) in [6, 6.07) is 19.5. The topological polar surface area (TPSA) is 71.1 Å². The Morgan fingerprint density at radius 3 is 2.27 bits per heavy atom. The second-order valence-corrected chi connectivity index (χ2v) is 9.86. The number of carbonyl (C=O) groups is 2. The number of anilines is 2. The van der Waals surface area contributed by atoms with Crippen molar-refractivity contribution in [3.63, 3.8) is 0 Å². The molecule has 2 N–H and O–H groups in total. The molecule has 6 heteroatoms. The lowest BCUT2D eigenvalue weighted by Gasteiger charge is -2.14. The summed E-state index contributed by atoms with van der Waals surface area (Å²) in [7, 11) is 0. The predicted molar refractivity (Wildman–Crippen MR) is 134 cm³/mol. The minimum absolute atomic E-state index is 0.0176. The van der Waals surface area contributed by atoms with E-state index in [0.29, 0.717) is 10.7 Å². The molecule has 0 spiro atoms. The Morgan fingerprint density at radius 2 is 1.61 bits per heavy atom. The summed E-state index contributed by atoms with van der Waals surface area (Å²) >= 11 is 1.39. The third kappa shape index (κ3) is 4.02. The van der Waals surface area contributed by atoms with E-state index < -0.39 is 5.41 Å². The first-order chi connectivity index (χ1) is 15.9. The molecule has 1 saturated carbocycles. The number of fused-ring (bicyclic) bond motifs is 1. The monoisotopic (exact) mass is 455 g/mol. The van der Waals surface area contributed by atoms with E-state index >= 15 is 0 Å². The number of carbonyl (C=O) groups excluding carboxylic acids is 2. The molecule has 1 heterocycles. The highest BCUT2D eigenvalue weighted by Crippen LogP contribution is 2.49. The molecule has 1 aromatic heterocycles. The van der Waals surface area contributed by atoms with Crippen LogP contribution in [0, 0.1) is 20.8 Å². The van der Waals surface area contributed by atoms with Crippen LogP contribution in [-0.2, 0) is 10.2 Å². The zero-order valence-corrected chi connectivity index (χ0v) is 19.7. The molecule has 33 heavy (non-hydrogen) atoms. The van der Waals surface area contributed by atoms with Crippen LogP contribution in [0.1, 0.15) is 45.5 Å². The Bertz CT molecular complexity index is 1360. The number of hydrogen-bond donors (Lipinski definition) is 2. The van der Waals surface area contributed by atoms with E-state index in [9.17, 15) is 9.59 Å². The van der Waals surface area contributed by atoms with Gasteiger partial charge in [0, 0.05) is 11.3 Å². The van der Waals surface area contributed by atoms with Crippen molar-refractivity contribution in [1.82, 2.24) is 4.98 Å². The minimum Gasteiger partial charge on any atom is -0.322 e. The largest absolute Gasteiger partial charge is 0.322 e. The maximum Gasteiger partial charge on any atom is 0.255 e. The Hall–Kier alpha value is -3.51. The Kier molecular flexibility index (Phi) is 5.25. The molecule has 5 rings (SSSR count). The molecular formula is C27H25N3O2S. The molecule has 0 saturated heterocycles. The van der Waals surface area contributed by atoms with Gasteiger partial charge in [-0.3, -0.25) is 9.59 Å². The van der Waals surface area contributed by atoms with Crippen LogP contribution in [0.2, 0.25) is 0 Å². The van der Waals surface area contributed by atoms with E-state index in [1.165, 1.54) is 16.9 Å². The van der Waals surface area contributed by atoms with Gasteiger partial charge in [-0.2, -0.15) is 0 Å². The van der Waals surface area contributed by atoms with E-state index in [2.05, 4.69) is 27.8 Å². The van der Waals surface area contributed by atoms with Gasteiger partial charge >= 0.3 is 0 Å². The second kappa shape index (κ2) is 8.12. The van der Waals surface area contributed by atoms with E-state index in [1.54, 1.807) is 6.07 Å². The van der Waals surface area contributed by atoms with Crippen molar-refractivity contribution < 1.29 is 9.59 Å². The first-order valence-corrected chi connectivity index (χ1v) is 11.8. The average molecular weight is 456 g/mol. The number of rotatable bonds is 5. The summed E-state index contributed by atoms with van der Waals surface area (Å²) in [6.07, 6.45) is 1.69. The maximum atomic E-state index is 13.0. The quantitative estimate of drug-likeness (QED) is 0.379. The molecule has 2 amide bonds. The lowest BCUT2D eigenvalue weighted by atomic mass is 9.95. The van der Waals surface area contributed by atoms with Crippen LogP contribution < -0.4 is 10.6 Å². The van der Waals surface area contributed by atoms with Crippen molar-refractivity contribution >= 4 is 44.2 Å². The van der Waals surface area contributed by atoms with Crippen molar-refractivity contribution in [3.8, 4) is 0 Å². The van der Waals surface area contributed by atoms with Crippen molar-refractivity contribution in [2.75, 3.05) is 10.6 Å². The van der Waals surface area contributed by atoms with Gasteiger partial charge in [0.15, 0.2) is 5.13 Å². The fraction of sp³-hybridized carbons (Fsp3) is 0.222. The van der Waals surface area contributed by atoms with Crippen molar-refractivity contribution in [3.05, 3.63) is 88.5 Å². The maximum absolute atomic E-state index is 13.0. The summed E-state index contributed by atoms with van der Waals surface area (Å²) in [5, 5.41) is 6.61. The molecule has 3 aromatic carbocycles. The van der Waals surface area contributed by atoms with Gasteiger partial charge < -0.3 is 10.6 Å². The molecule has 0 aliphatic heterocycles. The Morgan fingerprint density at radius 1 is 0.909 bits per heavy atom. The standard InChI is InChI=1S/C27H25N3O2S/c1-16-13-17(2)23(18(3)14-16)29-24(31)19-9-10-21-22(15-19)33-26(28-21)30-25(32)27(11-12-27)20-7-5-4-6-8-20/h4-10,13-15H,11-12H2,1-3H3,(H,29,31)(H,28,30,32). The number of aryl methyl sites for hydroxylation is 3. The highest BCUT2D eigenvalue weighted by molar-refractivity contribution is 7.22. The minimum atomic E-state index is -0.450. The van der Waals surface area contributed by atoms with Crippen molar-refractivity contribution in [1.29, 1.82) is 0 Å². The molecule has 1 fully saturated rings. The predicted octanol–water partition coefficient (Wildman–Crippen LogP) is 6.14. The summed E-state index contributed by atoms with van der Waals surface area (Å²) in [5.74, 6) is -0.178. The number of nitrogens with one attached hydrogen (secondary N) is 2. The van der Waals surface area contributed by atoms with Gasteiger partial charge in [-0.15, -0.1) is 0 Å². The summed E-state index contributed by atoms with van der Waals surface area (Å²) < 4.78 is 0.861. The molecule has 5 nitrogen and oxygen atoms in total. The van der Waals surface area contributed by atoms with Crippen molar-refractivity contribution in [2.45, 2.75) is 39.0 Å². The molecule has 4 aromatic rings. The van der Waals surface area contributed by atoms with Gasteiger partial charge in [-0.25, -0.2) is 4.98 Å². The molecule has 0 unspecified atom stereocenters. The van der Waals surface area contributed by atoms with Gasteiger partial charge in [0.1, 0.15) is 0 Å². The highest BCUT2D eigenvalue weighted by Gasteiger charge is 2.51. The molecule has 1 aliphatic rings. The van der Waals surface area contributed by atoms with Crippen LogP contribution in [-0.4, -0.2) is 16.8 Å². The Labute approximate surface area is 196 Å². The van der Waals surface area contributed by atoms with Gasteiger partial charge in [-0.05, 0) is 68.5 Å². The number of nitrogens with zero attached hydrogens (tertiary/aromatic N) is 1. The summed E-state index contributed by atoms with van der Waals surface area (Å²) in [5.41, 5.74) is 6.01. The SMILES string of the molecule is Cc1cc(C)c(NC(=O)c2ccc3nc(NC(=O)C4(c5ccccc5)CC4)sc3c2)c(C)c1. The van der Waals surface area contributed by atoms with Crippen LogP contribution in [0.4, 0.5) is 10.8 Å². The first kappa shape index (κ1) is 21.3. The first-order valence-electron chi connectivity index (χ1n) is 11.0. The third-order valence-corrected chi connectivity index (χ3v) is 7.23. The second-order valence-electron chi connectivity index (χ2n) is 8.83. The zero-order valence-electron chi connectivity index (χ0n) is 18.9. The molecule has 0 bridgehead atoms. The van der Waals surface area contributed by atoms with Crippen LogP contribution in [0.15, 0.2) is 60.7 Å². The number of aromatic nitrogens is 1. The van der Waals surface area contributed by atoms with Crippen LogP contribution in [0.5, 0.6) is 0 Å².